The Hall–Kier alpha value is -2.17. The van der Waals surface area contributed by atoms with E-state index in [0.29, 0.717) is 11.8 Å². The van der Waals surface area contributed by atoms with E-state index in [1.807, 2.05) is 0 Å². The smallest absolute Gasteiger partial charge is 0.374 e. The van der Waals surface area contributed by atoms with Crippen molar-refractivity contribution in [1.82, 2.24) is 9.38 Å². The summed E-state index contributed by atoms with van der Waals surface area (Å²) < 4.78 is 6.09. The van der Waals surface area contributed by atoms with Crippen LogP contribution in [-0.4, -0.2) is 28.7 Å². The van der Waals surface area contributed by atoms with E-state index in [9.17, 15) is 9.59 Å². The number of aromatic nitrogens is 2. The number of hydrogen-bond donors (Lipinski definition) is 0. The van der Waals surface area contributed by atoms with Crippen molar-refractivity contribution in [2.24, 2.45) is 0 Å². The van der Waals surface area contributed by atoms with Crippen LogP contribution in [0.25, 0.3) is 5.52 Å². The highest BCUT2D eigenvalue weighted by molar-refractivity contribution is 5.91. The molecule has 0 aliphatic rings. The van der Waals surface area contributed by atoms with E-state index in [2.05, 4.69) is 9.72 Å². The molecule has 0 aliphatic heterocycles. The SMILES string of the molecule is COC(=O)c1nc(C=O)c2ccccn12. The van der Waals surface area contributed by atoms with Crippen LogP contribution in [0.5, 0.6) is 0 Å². The lowest BCUT2D eigenvalue weighted by atomic mass is 10.3. The summed E-state index contributed by atoms with van der Waals surface area (Å²) in [5, 5.41) is 0. The standard InChI is InChI=1S/C10H8N2O3/c1-15-10(14)9-11-7(6-13)8-4-2-3-5-12(8)9/h2-6H,1H3. The average molecular weight is 204 g/mol. The van der Waals surface area contributed by atoms with Crippen LogP contribution in [0.2, 0.25) is 0 Å². The Morgan fingerprint density at radius 2 is 2.33 bits per heavy atom. The monoisotopic (exact) mass is 204 g/mol. The van der Waals surface area contributed by atoms with Gasteiger partial charge in [0.05, 0.1) is 12.6 Å². The van der Waals surface area contributed by atoms with Crippen molar-refractivity contribution >= 4 is 17.8 Å². The van der Waals surface area contributed by atoms with Gasteiger partial charge < -0.3 is 4.74 Å². The predicted octanol–water partition coefficient (Wildman–Crippen LogP) is 0.933. The molecular formula is C10H8N2O3. The minimum atomic E-state index is -0.565. The third-order valence-corrected chi connectivity index (χ3v) is 2.06. The zero-order chi connectivity index (χ0) is 10.8. The van der Waals surface area contributed by atoms with E-state index in [1.54, 1.807) is 24.4 Å². The van der Waals surface area contributed by atoms with Gasteiger partial charge in [0.1, 0.15) is 5.69 Å². The molecule has 0 atom stereocenters. The van der Waals surface area contributed by atoms with E-state index in [1.165, 1.54) is 11.5 Å². The maximum atomic E-state index is 11.3. The van der Waals surface area contributed by atoms with Gasteiger partial charge in [0.25, 0.3) is 0 Å². The number of hydrogen-bond acceptors (Lipinski definition) is 4. The van der Waals surface area contributed by atoms with Gasteiger partial charge in [-0.1, -0.05) is 6.07 Å². The number of carbonyl (C=O) groups is 2. The number of pyridine rings is 1. The van der Waals surface area contributed by atoms with Gasteiger partial charge >= 0.3 is 5.97 Å². The molecule has 0 saturated carbocycles. The summed E-state index contributed by atoms with van der Waals surface area (Å²) in [4.78, 5) is 26.0. The molecule has 0 radical (unpaired) electrons. The molecule has 0 aliphatic carbocycles. The lowest BCUT2D eigenvalue weighted by molar-refractivity contribution is 0.0586. The van der Waals surface area contributed by atoms with Crippen molar-refractivity contribution < 1.29 is 14.3 Å². The predicted molar refractivity (Wildman–Crippen MR) is 51.9 cm³/mol. The molecule has 0 fully saturated rings. The van der Waals surface area contributed by atoms with Gasteiger partial charge in [-0.2, -0.15) is 0 Å². The summed E-state index contributed by atoms with van der Waals surface area (Å²) in [7, 11) is 1.27. The number of methoxy groups -OCH3 is 1. The van der Waals surface area contributed by atoms with E-state index in [4.69, 9.17) is 0 Å². The quantitative estimate of drug-likeness (QED) is 0.539. The average Bonchev–Trinajstić information content (AvgIpc) is 2.67. The third kappa shape index (κ3) is 1.38. The van der Waals surface area contributed by atoms with E-state index in [0.717, 1.165) is 0 Å². The van der Waals surface area contributed by atoms with Crippen LogP contribution < -0.4 is 0 Å². The summed E-state index contributed by atoms with van der Waals surface area (Å²) >= 11 is 0. The Bertz CT molecular complexity index is 530. The Morgan fingerprint density at radius 1 is 1.53 bits per heavy atom. The molecular weight excluding hydrogens is 196 g/mol. The second-order valence-electron chi connectivity index (χ2n) is 2.89. The molecule has 2 aromatic heterocycles. The first-order valence-electron chi connectivity index (χ1n) is 4.28. The maximum Gasteiger partial charge on any atom is 0.374 e. The number of carbonyl (C=O) groups excluding carboxylic acids is 2. The Balaban J connectivity index is 2.75. The fraction of sp³-hybridized carbons (Fsp3) is 0.100. The van der Waals surface area contributed by atoms with Gasteiger partial charge in [0.15, 0.2) is 6.29 Å². The fourth-order valence-electron chi connectivity index (χ4n) is 1.38. The van der Waals surface area contributed by atoms with E-state index < -0.39 is 5.97 Å². The molecule has 15 heavy (non-hydrogen) atoms. The van der Waals surface area contributed by atoms with Crippen molar-refractivity contribution in [2.75, 3.05) is 7.11 Å². The first-order chi connectivity index (χ1) is 7.27. The minimum Gasteiger partial charge on any atom is -0.463 e. The second kappa shape index (κ2) is 3.53. The molecule has 5 heteroatoms. The van der Waals surface area contributed by atoms with Crippen LogP contribution in [0.15, 0.2) is 24.4 Å². The minimum absolute atomic E-state index is 0.107. The van der Waals surface area contributed by atoms with Crippen molar-refractivity contribution in [2.45, 2.75) is 0 Å². The highest BCUT2D eigenvalue weighted by atomic mass is 16.5. The summed E-state index contributed by atoms with van der Waals surface area (Å²) in [5.74, 6) is -0.459. The zero-order valence-corrected chi connectivity index (χ0v) is 8.01. The summed E-state index contributed by atoms with van der Waals surface area (Å²) in [6.07, 6.45) is 2.27. The zero-order valence-electron chi connectivity index (χ0n) is 8.01. The lowest BCUT2D eigenvalue weighted by Crippen LogP contribution is -2.06. The number of fused-ring (bicyclic) bond motifs is 1. The number of rotatable bonds is 2. The number of imidazole rings is 1. The number of nitrogens with zero attached hydrogens (tertiary/aromatic N) is 2. The van der Waals surface area contributed by atoms with Crippen LogP contribution in [0.3, 0.4) is 0 Å². The molecule has 0 unspecified atom stereocenters. The highest BCUT2D eigenvalue weighted by Crippen LogP contribution is 2.11. The summed E-state index contributed by atoms with van der Waals surface area (Å²) in [5.41, 5.74) is 0.823. The summed E-state index contributed by atoms with van der Waals surface area (Å²) in [6, 6.07) is 5.23. The molecule has 0 N–H and O–H groups in total. The van der Waals surface area contributed by atoms with Crippen molar-refractivity contribution in [3.8, 4) is 0 Å². The molecule has 2 heterocycles. The van der Waals surface area contributed by atoms with Crippen molar-refractivity contribution in [3.05, 3.63) is 35.9 Å². The molecule has 0 bridgehead atoms. The van der Waals surface area contributed by atoms with E-state index in [-0.39, 0.29) is 11.5 Å². The number of esters is 1. The molecule has 5 nitrogen and oxygen atoms in total. The van der Waals surface area contributed by atoms with Gasteiger partial charge in [0.2, 0.25) is 5.82 Å². The first kappa shape index (κ1) is 9.39. The fourth-order valence-corrected chi connectivity index (χ4v) is 1.38. The van der Waals surface area contributed by atoms with Crippen molar-refractivity contribution in [1.29, 1.82) is 0 Å². The topological polar surface area (TPSA) is 60.7 Å². The second-order valence-corrected chi connectivity index (χ2v) is 2.89. The van der Waals surface area contributed by atoms with Crippen LogP contribution in [0.1, 0.15) is 21.1 Å². The molecule has 2 rings (SSSR count). The van der Waals surface area contributed by atoms with Gasteiger partial charge in [-0.15, -0.1) is 0 Å². The number of ether oxygens (including phenoxy) is 1. The highest BCUT2D eigenvalue weighted by Gasteiger charge is 2.16. The third-order valence-electron chi connectivity index (χ3n) is 2.06. The Kier molecular flexibility index (Phi) is 2.21. The first-order valence-corrected chi connectivity index (χ1v) is 4.28. The lowest BCUT2D eigenvalue weighted by Gasteiger charge is -1.97. The van der Waals surface area contributed by atoms with Crippen LogP contribution in [-0.2, 0) is 4.74 Å². The van der Waals surface area contributed by atoms with E-state index >= 15 is 0 Å². The van der Waals surface area contributed by atoms with Gasteiger partial charge in [0, 0.05) is 6.20 Å². The Morgan fingerprint density at radius 3 is 3.00 bits per heavy atom. The largest absolute Gasteiger partial charge is 0.463 e. The molecule has 76 valence electrons. The van der Waals surface area contributed by atoms with Crippen LogP contribution in [0, 0.1) is 0 Å². The van der Waals surface area contributed by atoms with Crippen LogP contribution >= 0.6 is 0 Å². The summed E-state index contributed by atoms with van der Waals surface area (Å²) in [6.45, 7) is 0. The number of aldehydes is 1. The van der Waals surface area contributed by atoms with Gasteiger partial charge in [-0.25, -0.2) is 9.78 Å². The molecule has 0 saturated heterocycles. The normalized spacial score (nSPS) is 10.2. The van der Waals surface area contributed by atoms with Gasteiger partial charge in [-0.05, 0) is 12.1 Å². The molecule has 0 amide bonds. The van der Waals surface area contributed by atoms with Crippen molar-refractivity contribution in [3.63, 3.8) is 0 Å². The molecule has 0 aromatic carbocycles. The maximum absolute atomic E-state index is 11.3. The van der Waals surface area contributed by atoms with Gasteiger partial charge in [-0.3, -0.25) is 9.20 Å². The van der Waals surface area contributed by atoms with Crippen LogP contribution in [0.4, 0.5) is 0 Å². The molecule has 0 spiro atoms. The Labute approximate surface area is 85.3 Å². The molecule has 2 aromatic rings.